The fourth-order valence-electron chi connectivity index (χ4n) is 4.76. The Morgan fingerprint density at radius 1 is 1.08 bits per heavy atom. The van der Waals surface area contributed by atoms with E-state index in [1.807, 2.05) is 6.20 Å². The summed E-state index contributed by atoms with van der Waals surface area (Å²) in [4.78, 5) is 24.6. The fraction of sp³-hybridized carbons (Fsp3) is 0.375. The molecule has 2 aromatic carbocycles. The third kappa shape index (κ3) is 8.45. The third-order valence-corrected chi connectivity index (χ3v) is 6.62. The molecule has 0 aromatic heterocycles. The molecule has 0 radical (unpaired) electrons. The Morgan fingerprint density at radius 2 is 1.82 bits per heavy atom. The highest BCUT2D eigenvalue weighted by molar-refractivity contribution is 6.06. The van der Waals surface area contributed by atoms with Crippen LogP contribution in [-0.2, 0) is 22.4 Å². The topological polar surface area (TPSA) is 102 Å². The van der Waals surface area contributed by atoms with Crippen molar-refractivity contribution in [1.82, 2.24) is 5.32 Å². The van der Waals surface area contributed by atoms with Gasteiger partial charge in [0.05, 0.1) is 19.7 Å². The van der Waals surface area contributed by atoms with Gasteiger partial charge in [0.25, 0.3) is 0 Å². The number of nitrogens with one attached hydrogen (secondary N) is 1. The molecule has 0 amide bonds. The Morgan fingerprint density at radius 3 is 2.50 bits per heavy atom. The van der Waals surface area contributed by atoms with Crippen molar-refractivity contribution in [2.45, 2.75) is 71.9 Å². The number of ketones is 2. The van der Waals surface area contributed by atoms with E-state index in [0.29, 0.717) is 18.6 Å². The molecule has 6 nitrogen and oxygen atoms in total. The summed E-state index contributed by atoms with van der Waals surface area (Å²) in [5, 5.41) is 13.7. The Bertz CT molecular complexity index is 1240. The highest BCUT2D eigenvalue weighted by atomic mass is 16.5. The summed E-state index contributed by atoms with van der Waals surface area (Å²) in [6.07, 6.45) is 11.3. The van der Waals surface area contributed by atoms with Gasteiger partial charge in [-0.2, -0.15) is 0 Å². The number of allylic oxidation sites excluding steroid dienone is 3. The number of unbranched alkanes of at least 4 members (excludes halogenated alkanes) is 2. The van der Waals surface area contributed by atoms with Gasteiger partial charge < -0.3 is 20.9 Å². The summed E-state index contributed by atoms with van der Waals surface area (Å²) in [6.45, 7) is 6.26. The maximum absolute atomic E-state index is 12.4. The van der Waals surface area contributed by atoms with Crippen LogP contribution >= 0.6 is 0 Å². The van der Waals surface area contributed by atoms with Gasteiger partial charge in [0.1, 0.15) is 5.78 Å². The Hall–Kier alpha value is -3.64. The van der Waals surface area contributed by atoms with Gasteiger partial charge in [-0.05, 0) is 79.2 Å². The number of ether oxygens (including phenoxy) is 1. The molecule has 38 heavy (non-hydrogen) atoms. The minimum Gasteiger partial charge on any atom is -0.504 e. The number of aromatic hydroxyl groups is 1. The van der Waals surface area contributed by atoms with E-state index in [0.717, 1.165) is 48.0 Å². The lowest BCUT2D eigenvalue weighted by Gasteiger charge is -2.23. The first-order valence-corrected chi connectivity index (χ1v) is 13.3. The first-order valence-electron chi connectivity index (χ1n) is 13.3. The first kappa shape index (κ1) is 28.9. The van der Waals surface area contributed by atoms with Gasteiger partial charge in [-0.1, -0.05) is 61.2 Å². The molecule has 6 heteroatoms. The molecule has 0 aliphatic carbocycles. The van der Waals surface area contributed by atoms with Crippen molar-refractivity contribution in [3.05, 3.63) is 87.6 Å². The summed E-state index contributed by atoms with van der Waals surface area (Å²) >= 11 is 0. The van der Waals surface area contributed by atoms with E-state index in [4.69, 9.17) is 10.5 Å². The summed E-state index contributed by atoms with van der Waals surface area (Å²) < 4.78 is 5.30. The summed E-state index contributed by atoms with van der Waals surface area (Å²) in [6, 6.07) is 9.87. The second-order valence-electron chi connectivity index (χ2n) is 10.1. The van der Waals surface area contributed by atoms with E-state index in [9.17, 15) is 14.7 Å². The van der Waals surface area contributed by atoms with Crippen LogP contribution in [0.15, 0.2) is 59.8 Å². The van der Waals surface area contributed by atoms with Crippen molar-refractivity contribution < 1.29 is 19.4 Å². The first-order chi connectivity index (χ1) is 18.2. The van der Waals surface area contributed by atoms with Crippen molar-refractivity contribution in [2.24, 2.45) is 5.73 Å². The van der Waals surface area contributed by atoms with Gasteiger partial charge >= 0.3 is 0 Å². The second kappa shape index (κ2) is 13.8. The zero-order chi connectivity index (χ0) is 27.7. The predicted octanol–water partition coefficient (Wildman–Crippen LogP) is 5.62. The van der Waals surface area contributed by atoms with Crippen molar-refractivity contribution in [3.8, 4) is 11.5 Å². The number of carbonyl (C=O) groups is 2. The van der Waals surface area contributed by atoms with Crippen molar-refractivity contribution in [3.63, 3.8) is 0 Å². The van der Waals surface area contributed by atoms with Crippen LogP contribution < -0.4 is 15.8 Å². The van der Waals surface area contributed by atoms with E-state index in [1.54, 1.807) is 18.2 Å². The molecule has 0 spiro atoms. The van der Waals surface area contributed by atoms with Gasteiger partial charge in [-0.15, -0.1) is 0 Å². The number of rotatable bonds is 13. The van der Waals surface area contributed by atoms with E-state index in [-0.39, 0.29) is 29.9 Å². The summed E-state index contributed by atoms with van der Waals surface area (Å²) in [5.41, 5.74) is 13.6. The van der Waals surface area contributed by atoms with E-state index < -0.39 is 0 Å². The minimum absolute atomic E-state index is 0.0255. The molecule has 1 atom stereocenters. The Balaban J connectivity index is 1.79. The molecule has 3 rings (SSSR count). The molecule has 1 heterocycles. The SMILES string of the molecule is CCCCCC(=O)CC(=O)C=Cc1cc(OC)c(O)cc1CC1=CNC(N)C(Cc2cc(C)cc(C)c2)=C1. The van der Waals surface area contributed by atoms with E-state index in [1.165, 1.54) is 29.9 Å². The molecule has 0 saturated heterocycles. The van der Waals surface area contributed by atoms with Gasteiger partial charge in [0, 0.05) is 12.6 Å². The van der Waals surface area contributed by atoms with Gasteiger partial charge in [-0.25, -0.2) is 0 Å². The van der Waals surface area contributed by atoms with Crippen molar-refractivity contribution in [2.75, 3.05) is 7.11 Å². The van der Waals surface area contributed by atoms with Gasteiger partial charge in [0.2, 0.25) is 0 Å². The minimum atomic E-state index is -0.282. The quantitative estimate of drug-likeness (QED) is 0.181. The molecule has 0 bridgehead atoms. The standard InChI is InChI=1S/C32H40N2O4/c1-5-6-7-8-28(35)19-29(36)10-9-25-18-31(38-4)30(37)17-26(25)15-24-16-27(32(33)34-20-24)14-23-12-21(2)11-22(3)13-23/h9-13,16-18,20,32,34,37H,5-8,14-15,19,33H2,1-4H3. The van der Waals surface area contributed by atoms with Crippen LogP contribution in [0.5, 0.6) is 11.5 Å². The van der Waals surface area contributed by atoms with Crippen molar-refractivity contribution in [1.29, 1.82) is 0 Å². The highest BCUT2D eigenvalue weighted by Crippen LogP contribution is 2.32. The predicted molar refractivity (Wildman–Crippen MR) is 153 cm³/mol. The van der Waals surface area contributed by atoms with Crippen LogP contribution in [0.1, 0.15) is 66.8 Å². The fourth-order valence-corrected chi connectivity index (χ4v) is 4.76. The highest BCUT2D eigenvalue weighted by Gasteiger charge is 2.17. The molecule has 1 aliphatic heterocycles. The van der Waals surface area contributed by atoms with E-state index in [2.05, 4.69) is 50.4 Å². The van der Waals surface area contributed by atoms with Crippen LogP contribution in [0.2, 0.25) is 0 Å². The molecule has 202 valence electrons. The Kier molecular flexibility index (Phi) is 10.5. The summed E-state index contributed by atoms with van der Waals surface area (Å²) in [5.74, 6) is 0.0791. The number of aryl methyl sites for hydroxylation is 2. The zero-order valence-electron chi connectivity index (χ0n) is 23.0. The normalized spacial score (nSPS) is 15.1. The Labute approximate surface area is 226 Å². The maximum atomic E-state index is 12.4. The van der Waals surface area contributed by atoms with Crippen LogP contribution in [0.25, 0.3) is 6.08 Å². The average Bonchev–Trinajstić information content (AvgIpc) is 2.85. The lowest BCUT2D eigenvalue weighted by molar-refractivity contribution is -0.124. The van der Waals surface area contributed by atoms with Crippen LogP contribution in [0, 0.1) is 13.8 Å². The van der Waals surface area contributed by atoms with Crippen LogP contribution in [0.3, 0.4) is 0 Å². The second-order valence-corrected chi connectivity index (χ2v) is 10.1. The molecule has 2 aromatic rings. The number of nitrogens with two attached hydrogens (primary N) is 1. The monoisotopic (exact) mass is 516 g/mol. The number of hydrogen-bond donors (Lipinski definition) is 3. The number of phenols is 1. The maximum Gasteiger partial charge on any atom is 0.163 e. The number of Topliss-reactive ketones (excluding diaryl/α,β-unsaturated/α-hetero) is 1. The number of dihydropyridines is 1. The van der Waals surface area contributed by atoms with Crippen LogP contribution in [0.4, 0.5) is 0 Å². The number of methoxy groups -OCH3 is 1. The summed E-state index contributed by atoms with van der Waals surface area (Å²) in [7, 11) is 1.49. The molecule has 0 fully saturated rings. The van der Waals surface area contributed by atoms with E-state index >= 15 is 0 Å². The van der Waals surface area contributed by atoms with Crippen molar-refractivity contribution >= 4 is 17.6 Å². The smallest absolute Gasteiger partial charge is 0.163 e. The molecule has 1 aliphatic rings. The molecule has 0 saturated carbocycles. The number of phenolic OH excluding ortho intramolecular Hbond substituents is 1. The number of benzene rings is 2. The van der Waals surface area contributed by atoms with Crippen LogP contribution in [-0.4, -0.2) is 29.9 Å². The number of hydrogen-bond acceptors (Lipinski definition) is 6. The average molecular weight is 517 g/mol. The zero-order valence-corrected chi connectivity index (χ0v) is 23.0. The number of carbonyl (C=O) groups excluding carboxylic acids is 2. The van der Waals surface area contributed by atoms with Gasteiger partial charge in [-0.3, -0.25) is 9.59 Å². The van der Waals surface area contributed by atoms with Gasteiger partial charge in [0.15, 0.2) is 17.3 Å². The third-order valence-electron chi connectivity index (χ3n) is 6.62. The molecular weight excluding hydrogens is 476 g/mol. The largest absolute Gasteiger partial charge is 0.504 e. The molecule has 4 N–H and O–H groups in total. The lowest BCUT2D eigenvalue weighted by atomic mass is 9.92. The molecule has 1 unspecified atom stereocenters. The lowest BCUT2D eigenvalue weighted by Crippen LogP contribution is -2.38. The molecular formula is C32H40N2O4.